The molecule has 1 fully saturated rings. The van der Waals surface area contributed by atoms with E-state index in [4.69, 9.17) is 16.3 Å². The van der Waals surface area contributed by atoms with Crippen LogP contribution >= 0.6 is 11.6 Å². The minimum Gasteiger partial charge on any atom is -0.488 e. The molecule has 1 aliphatic rings. The molecule has 0 radical (unpaired) electrons. The summed E-state index contributed by atoms with van der Waals surface area (Å²) in [5, 5.41) is 37.4. The van der Waals surface area contributed by atoms with Gasteiger partial charge in [-0.15, -0.1) is 0 Å². The minimum atomic E-state index is -1.09. The Morgan fingerprint density at radius 2 is 2.03 bits per heavy atom. The number of aliphatic hydroxyl groups excluding tert-OH is 3. The number of ether oxygens (including phenoxy) is 1. The SMILES string of the molecule is OCc1cnc2c(C(O)Nc3cc(Cl)ccc3OC3CCC(O)CC3)cnn2c1. The summed E-state index contributed by atoms with van der Waals surface area (Å²) in [5.41, 5.74) is 2.15. The maximum Gasteiger partial charge on any atom is 0.162 e. The van der Waals surface area contributed by atoms with Crippen LogP contribution in [0, 0.1) is 0 Å². The summed E-state index contributed by atoms with van der Waals surface area (Å²) >= 11 is 6.15. The molecule has 3 aromatic rings. The van der Waals surface area contributed by atoms with E-state index in [1.165, 1.54) is 10.7 Å². The molecule has 1 aliphatic carbocycles. The number of aliphatic hydroxyl groups is 3. The van der Waals surface area contributed by atoms with Crippen molar-refractivity contribution in [3.63, 3.8) is 0 Å². The first-order chi connectivity index (χ1) is 14.0. The van der Waals surface area contributed by atoms with Crippen molar-refractivity contribution < 1.29 is 20.1 Å². The van der Waals surface area contributed by atoms with E-state index in [1.807, 2.05) is 0 Å². The lowest BCUT2D eigenvalue weighted by Crippen LogP contribution is -2.26. The number of hydrogen-bond donors (Lipinski definition) is 4. The van der Waals surface area contributed by atoms with Gasteiger partial charge in [-0.05, 0) is 43.9 Å². The van der Waals surface area contributed by atoms with Crippen molar-refractivity contribution in [2.24, 2.45) is 0 Å². The number of benzene rings is 1. The van der Waals surface area contributed by atoms with Crippen molar-refractivity contribution in [2.45, 2.75) is 50.7 Å². The highest BCUT2D eigenvalue weighted by Gasteiger charge is 2.23. The second-order valence-corrected chi connectivity index (χ2v) is 7.66. The summed E-state index contributed by atoms with van der Waals surface area (Å²) in [5.74, 6) is 0.585. The first-order valence-corrected chi connectivity index (χ1v) is 9.93. The Balaban J connectivity index is 1.55. The van der Waals surface area contributed by atoms with Gasteiger partial charge in [0, 0.05) is 23.0 Å². The van der Waals surface area contributed by atoms with E-state index in [9.17, 15) is 15.3 Å². The Morgan fingerprint density at radius 3 is 2.79 bits per heavy atom. The van der Waals surface area contributed by atoms with Crippen LogP contribution < -0.4 is 10.1 Å². The van der Waals surface area contributed by atoms with Crippen molar-refractivity contribution in [1.29, 1.82) is 0 Å². The first kappa shape index (κ1) is 19.9. The standard InChI is InChI=1S/C20H23ClN4O4/c21-13-1-6-18(29-15-4-2-14(27)3-5-15)17(7-13)24-20(28)16-9-23-25-10-12(11-26)8-22-19(16)25/h1,6-10,14-15,20,24,26-28H,2-5,11H2. The van der Waals surface area contributed by atoms with Gasteiger partial charge in [0.2, 0.25) is 0 Å². The lowest BCUT2D eigenvalue weighted by molar-refractivity contribution is 0.0668. The molecule has 154 valence electrons. The fourth-order valence-electron chi connectivity index (χ4n) is 3.49. The van der Waals surface area contributed by atoms with Gasteiger partial charge in [-0.25, -0.2) is 9.50 Å². The van der Waals surface area contributed by atoms with Crippen molar-refractivity contribution in [1.82, 2.24) is 14.6 Å². The van der Waals surface area contributed by atoms with E-state index < -0.39 is 6.23 Å². The van der Waals surface area contributed by atoms with Crippen molar-refractivity contribution >= 4 is 22.9 Å². The molecule has 8 nitrogen and oxygen atoms in total. The molecule has 2 aromatic heterocycles. The number of hydrogen-bond acceptors (Lipinski definition) is 7. The fourth-order valence-corrected chi connectivity index (χ4v) is 3.66. The lowest BCUT2D eigenvalue weighted by atomic mass is 9.95. The molecule has 0 aliphatic heterocycles. The van der Waals surface area contributed by atoms with E-state index in [-0.39, 0.29) is 18.8 Å². The minimum absolute atomic E-state index is 0.00724. The third kappa shape index (κ3) is 4.45. The lowest BCUT2D eigenvalue weighted by Gasteiger charge is -2.27. The summed E-state index contributed by atoms with van der Waals surface area (Å²) in [7, 11) is 0. The maximum atomic E-state index is 10.8. The number of fused-ring (bicyclic) bond motifs is 1. The van der Waals surface area contributed by atoms with Crippen LogP contribution in [0.5, 0.6) is 5.75 Å². The molecule has 1 aromatic carbocycles. The van der Waals surface area contributed by atoms with E-state index >= 15 is 0 Å². The van der Waals surface area contributed by atoms with E-state index in [0.717, 1.165) is 12.8 Å². The van der Waals surface area contributed by atoms with Gasteiger partial charge in [-0.2, -0.15) is 5.10 Å². The maximum absolute atomic E-state index is 10.8. The monoisotopic (exact) mass is 418 g/mol. The average Bonchev–Trinajstić information content (AvgIpc) is 3.15. The smallest absolute Gasteiger partial charge is 0.162 e. The Labute approximate surface area is 172 Å². The first-order valence-electron chi connectivity index (χ1n) is 9.55. The quantitative estimate of drug-likeness (QED) is 0.455. The number of nitrogens with zero attached hydrogens (tertiary/aromatic N) is 3. The van der Waals surface area contributed by atoms with E-state index in [1.54, 1.807) is 30.6 Å². The molecule has 0 bridgehead atoms. The summed E-state index contributed by atoms with van der Waals surface area (Å²) < 4.78 is 7.63. The van der Waals surface area contributed by atoms with Crippen molar-refractivity contribution in [3.8, 4) is 5.75 Å². The van der Waals surface area contributed by atoms with Gasteiger partial charge in [-0.1, -0.05) is 11.6 Å². The van der Waals surface area contributed by atoms with Crippen LogP contribution in [0.25, 0.3) is 5.65 Å². The fraction of sp³-hybridized carbons (Fsp3) is 0.400. The second-order valence-electron chi connectivity index (χ2n) is 7.22. The molecule has 4 N–H and O–H groups in total. The topological polar surface area (TPSA) is 112 Å². The van der Waals surface area contributed by atoms with E-state index in [0.29, 0.717) is 46.1 Å². The van der Waals surface area contributed by atoms with E-state index in [2.05, 4.69) is 15.4 Å². The van der Waals surface area contributed by atoms with Crippen LogP contribution in [0.2, 0.25) is 5.02 Å². The van der Waals surface area contributed by atoms with Crippen LogP contribution in [0.3, 0.4) is 0 Å². The van der Waals surface area contributed by atoms with Gasteiger partial charge in [0.1, 0.15) is 5.75 Å². The molecule has 0 amide bonds. The van der Waals surface area contributed by atoms with Gasteiger partial charge >= 0.3 is 0 Å². The zero-order valence-corrected chi connectivity index (χ0v) is 16.5. The molecule has 0 saturated heterocycles. The number of anilines is 1. The van der Waals surface area contributed by atoms with Gasteiger partial charge < -0.3 is 25.4 Å². The summed E-state index contributed by atoms with van der Waals surface area (Å²) in [4.78, 5) is 4.27. The van der Waals surface area contributed by atoms with Gasteiger partial charge in [0.15, 0.2) is 11.9 Å². The predicted molar refractivity (Wildman–Crippen MR) is 108 cm³/mol. The third-order valence-corrected chi connectivity index (χ3v) is 5.32. The summed E-state index contributed by atoms with van der Waals surface area (Å²) in [6.07, 6.45) is 6.36. The Bertz CT molecular complexity index is 988. The highest BCUT2D eigenvalue weighted by atomic mass is 35.5. The van der Waals surface area contributed by atoms with Crippen molar-refractivity contribution in [2.75, 3.05) is 5.32 Å². The van der Waals surface area contributed by atoms with Crippen molar-refractivity contribution in [3.05, 3.63) is 52.9 Å². The highest BCUT2D eigenvalue weighted by molar-refractivity contribution is 6.30. The zero-order chi connectivity index (χ0) is 20.4. The molecule has 4 rings (SSSR count). The van der Waals surface area contributed by atoms with Crippen LogP contribution in [-0.4, -0.2) is 42.1 Å². The number of halogens is 1. The van der Waals surface area contributed by atoms with Crippen LogP contribution in [0.15, 0.2) is 36.8 Å². The normalized spacial score (nSPS) is 20.6. The van der Waals surface area contributed by atoms with Gasteiger partial charge in [-0.3, -0.25) is 0 Å². The summed E-state index contributed by atoms with van der Waals surface area (Å²) in [6.45, 7) is -0.139. The Hall–Kier alpha value is -2.39. The van der Waals surface area contributed by atoms with Gasteiger partial charge in [0.25, 0.3) is 0 Å². The number of nitrogens with one attached hydrogen (secondary N) is 1. The molecule has 2 heterocycles. The number of rotatable bonds is 6. The highest BCUT2D eigenvalue weighted by Crippen LogP contribution is 2.34. The molecular formula is C20H23ClN4O4. The average molecular weight is 419 g/mol. The molecule has 0 spiro atoms. The second kappa shape index (κ2) is 8.54. The third-order valence-electron chi connectivity index (χ3n) is 5.09. The van der Waals surface area contributed by atoms with Crippen LogP contribution in [-0.2, 0) is 6.61 Å². The Morgan fingerprint density at radius 1 is 1.24 bits per heavy atom. The molecule has 29 heavy (non-hydrogen) atoms. The molecule has 1 unspecified atom stereocenters. The summed E-state index contributed by atoms with van der Waals surface area (Å²) in [6, 6.07) is 5.20. The van der Waals surface area contributed by atoms with Crippen LogP contribution in [0.1, 0.15) is 43.0 Å². The molecule has 1 atom stereocenters. The largest absolute Gasteiger partial charge is 0.488 e. The molecule has 9 heteroatoms. The van der Waals surface area contributed by atoms with Crippen LogP contribution in [0.4, 0.5) is 5.69 Å². The molecule has 1 saturated carbocycles. The Kier molecular flexibility index (Phi) is 5.86. The predicted octanol–water partition coefficient (Wildman–Crippen LogP) is 2.66. The zero-order valence-electron chi connectivity index (χ0n) is 15.7. The number of aromatic nitrogens is 3. The van der Waals surface area contributed by atoms with Gasteiger partial charge in [0.05, 0.1) is 36.3 Å². The molecular weight excluding hydrogens is 396 g/mol.